The second-order valence-corrected chi connectivity index (χ2v) is 10.9. The van der Waals surface area contributed by atoms with E-state index in [1.54, 1.807) is 0 Å². The molecular weight excluding hydrogens is 254 g/mol. The number of β-lactam (4-membered cyclic amide) rings is 1. The molecule has 1 aliphatic heterocycles. The number of nitrogens with zero attached hydrogens (tertiary/aromatic N) is 3. The lowest BCUT2D eigenvalue weighted by molar-refractivity contribution is -0.151. The van der Waals surface area contributed by atoms with Gasteiger partial charge in [-0.2, -0.15) is 0 Å². The third kappa shape index (κ3) is 4.02. The van der Waals surface area contributed by atoms with E-state index in [1.807, 2.05) is 0 Å². The van der Waals surface area contributed by atoms with Gasteiger partial charge in [0.15, 0.2) is 0 Å². The highest BCUT2D eigenvalue weighted by Crippen LogP contribution is 2.16. The van der Waals surface area contributed by atoms with Gasteiger partial charge in [-0.05, 0) is 11.6 Å². The van der Waals surface area contributed by atoms with Gasteiger partial charge in [0.25, 0.3) is 5.91 Å². The average Bonchev–Trinajstić information content (AvgIpc) is 2.22. The topological polar surface area (TPSA) is 116 Å². The molecule has 0 aromatic heterocycles. The molecule has 9 heteroatoms. The van der Waals surface area contributed by atoms with Crippen molar-refractivity contribution in [1.82, 2.24) is 10.8 Å². The minimum atomic E-state index is -1.21. The number of carbonyl (C=O) groups excluding carboxylic acids is 2. The van der Waals surface area contributed by atoms with Gasteiger partial charge in [0, 0.05) is 13.0 Å². The number of hydrogen-bond donors (Lipinski definition) is 2. The predicted molar refractivity (Wildman–Crippen MR) is 66.8 cm³/mol. The highest BCUT2D eigenvalue weighted by atomic mass is 28.3. The maximum atomic E-state index is 11.6. The van der Waals surface area contributed by atoms with Crippen LogP contribution in [0, 0.1) is 5.92 Å². The smallest absolute Gasteiger partial charge is 0.258 e. The molecule has 18 heavy (non-hydrogen) atoms. The Kier molecular flexibility index (Phi) is 4.71. The molecule has 0 unspecified atom stereocenters. The molecule has 2 amide bonds. The van der Waals surface area contributed by atoms with Gasteiger partial charge in [0.1, 0.15) is 12.1 Å². The van der Waals surface area contributed by atoms with E-state index in [9.17, 15) is 9.59 Å². The zero-order valence-electron chi connectivity index (χ0n) is 10.6. The molecule has 1 fully saturated rings. The Hall–Kier alpha value is -1.57. The number of hydroxylamine groups is 1. The number of azide groups is 1. The summed E-state index contributed by atoms with van der Waals surface area (Å²) in [6.45, 7) is 6.99. The van der Waals surface area contributed by atoms with Gasteiger partial charge in [-0.3, -0.25) is 14.4 Å². The maximum absolute atomic E-state index is 11.6. The summed E-state index contributed by atoms with van der Waals surface area (Å²) in [4.78, 5) is 30.3. The number of nitrogens with one attached hydrogen (secondary N) is 2. The van der Waals surface area contributed by atoms with Crippen molar-refractivity contribution in [2.75, 3.05) is 6.61 Å². The predicted octanol–water partition coefficient (Wildman–Crippen LogP) is 0.755. The molecular formula is C9H17N5O3Si. The molecule has 0 aromatic carbocycles. The summed E-state index contributed by atoms with van der Waals surface area (Å²) in [5.74, 6) is -2.03. The van der Waals surface area contributed by atoms with E-state index in [4.69, 9.17) is 10.4 Å². The Morgan fingerprint density at radius 2 is 2.28 bits per heavy atom. The third-order valence-electron chi connectivity index (χ3n) is 2.47. The van der Waals surface area contributed by atoms with E-state index in [0.29, 0.717) is 6.61 Å². The highest BCUT2D eigenvalue weighted by Gasteiger charge is 2.44. The van der Waals surface area contributed by atoms with Gasteiger partial charge in [-0.1, -0.05) is 24.8 Å². The molecule has 1 rings (SSSR count). The van der Waals surface area contributed by atoms with Gasteiger partial charge in [0.2, 0.25) is 5.91 Å². The van der Waals surface area contributed by atoms with Crippen LogP contribution in [0.4, 0.5) is 0 Å². The molecule has 2 atom stereocenters. The van der Waals surface area contributed by atoms with Crippen molar-refractivity contribution in [3.63, 3.8) is 0 Å². The second-order valence-electron chi connectivity index (χ2n) is 5.26. The van der Waals surface area contributed by atoms with Crippen LogP contribution >= 0.6 is 0 Å². The molecule has 0 bridgehead atoms. The fourth-order valence-electron chi connectivity index (χ4n) is 1.32. The summed E-state index contributed by atoms with van der Waals surface area (Å²) in [5, 5.41) is 5.61. The number of rotatable bonds is 6. The Morgan fingerprint density at radius 3 is 2.78 bits per heavy atom. The Balaban J connectivity index is 2.32. The Labute approximate surface area is 106 Å². The summed E-state index contributed by atoms with van der Waals surface area (Å²) in [7, 11) is -1.21. The summed E-state index contributed by atoms with van der Waals surface area (Å²) in [5.41, 5.74) is 10.5. The Morgan fingerprint density at radius 1 is 1.61 bits per heavy atom. The molecule has 0 saturated carbocycles. The second kappa shape index (κ2) is 5.85. The first-order valence-corrected chi connectivity index (χ1v) is 9.32. The molecule has 8 nitrogen and oxygen atoms in total. The molecule has 1 aliphatic rings. The zero-order valence-corrected chi connectivity index (χ0v) is 11.6. The van der Waals surface area contributed by atoms with Crippen molar-refractivity contribution in [1.29, 1.82) is 0 Å². The first-order valence-electron chi connectivity index (χ1n) is 5.61. The van der Waals surface area contributed by atoms with Crippen LogP contribution in [0.5, 0.6) is 0 Å². The molecule has 2 N–H and O–H groups in total. The summed E-state index contributed by atoms with van der Waals surface area (Å²) in [6.07, 6.45) is -0.817. The minimum Gasteiger partial charge on any atom is -0.345 e. The van der Waals surface area contributed by atoms with Gasteiger partial charge in [-0.25, -0.2) is 5.48 Å². The van der Waals surface area contributed by atoms with Crippen LogP contribution in [0.3, 0.4) is 0 Å². The van der Waals surface area contributed by atoms with E-state index in [1.165, 1.54) is 0 Å². The average molecular weight is 271 g/mol. The van der Waals surface area contributed by atoms with Crippen LogP contribution in [-0.2, 0) is 14.4 Å². The van der Waals surface area contributed by atoms with Crippen LogP contribution in [0.25, 0.3) is 10.4 Å². The molecule has 1 saturated heterocycles. The van der Waals surface area contributed by atoms with Crippen molar-refractivity contribution < 1.29 is 14.4 Å². The van der Waals surface area contributed by atoms with E-state index in [-0.39, 0.29) is 0 Å². The molecule has 0 spiro atoms. The number of amides is 2. The van der Waals surface area contributed by atoms with Crippen LogP contribution in [0.15, 0.2) is 5.11 Å². The van der Waals surface area contributed by atoms with Crippen LogP contribution < -0.4 is 10.8 Å². The zero-order chi connectivity index (χ0) is 13.8. The Bertz CT molecular complexity index is 388. The lowest BCUT2D eigenvalue weighted by atomic mass is 9.97. The fraction of sp³-hybridized carbons (Fsp3) is 0.778. The van der Waals surface area contributed by atoms with Crippen molar-refractivity contribution >= 4 is 19.9 Å². The van der Waals surface area contributed by atoms with Crippen molar-refractivity contribution in [3.05, 3.63) is 10.4 Å². The summed E-state index contributed by atoms with van der Waals surface area (Å²) < 4.78 is 0. The number of hydrogen-bond acceptors (Lipinski definition) is 4. The molecule has 100 valence electrons. The number of carbonyl (C=O) groups is 2. The van der Waals surface area contributed by atoms with Crippen molar-refractivity contribution in [3.8, 4) is 0 Å². The monoisotopic (exact) mass is 271 g/mol. The maximum Gasteiger partial charge on any atom is 0.258 e. The third-order valence-corrected chi connectivity index (χ3v) is 4.18. The quantitative estimate of drug-likeness (QED) is 0.108. The van der Waals surface area contributed by atoms with Gasteiger partial charge in [0.05, 0.1) is 6.61 Å². The van der Waals surface area contributed by atoms with Crippen LogP contribution in [-0.4, -0.2) is 32.7 Å². The highest BCUT2D eigenvalue weighted by molar-refractivity contribution is 6.76. The summed E-state index contributed by atoms with van der Waals surface area (Å²) in [6, 6.07) is 0.907. The van der Waals surface area contributed by atoms with E-state index in [0.717, 1.165) is 6.04 Å². The minimum absolute atomic E-state index is 0.419. The molecule has 1 heterocycles. The summed E-state index contributed by atoms with van der Waals surface area (Å²) >= 11 is 0. The van der Waals surface area contributed by atoms with E-state index < -0.39 is 32.0 Å². The van der Waals surface area contributed by atoms with Gasteiger partial charge >= 0.3 is 0 Å². The van der Waals surface area contributed by atoms with Gasteiger partial charge < -0.3 is 5.32 Å². The first-order chi connectivity index (χ1) is 8.35. The molecule has 0 aliphatic carbocycles. The normalized spacial score (nSPS) is 22.5. The van der Waals surface area contributed by atoms with Crippen molar-refractivity contribution in [2.24, 2.45) is 11.0 Å². The van der Waals surface area contributed by atoms with E-state index >= 15 is 0 Å². The SMILES string of the molecule is C[Si](C)(C)CCONC(=O)[C@@H]1C(=O)N[C@@H]1N=[N+]=[N-]. The largest absolute Gasteiger partial charge is 0.345 e. The molecule has 0 radical (unpaired) electrons. The molecule has 0 aromatic rings. The lowest BCUT2D eigenvalue weighted by Crippen LogP contribution is -2.62. The standard InChI is InChI=1S/C9H17N5O3Si/c1-18(2,3)5-4-17-13-9(16)6-7(12-14-10)11-8(6)15/h6-7H,4-5H2,1-3H3,(H,11,15)(H,13,16)/t6-,7+/m0/s1. The van der Waals surface area contributed by atoms with Crippen LogP contribution in [0.1, 0.15) is 0 Å². The first kappa shape index (κ1) is 14.5. The van der Waals surface area contributed by atoms with E-state index in [2.05, 4.69) is 40.5 Å². The van der Waals surface area contributed by atoms with Gasteiger partial charge in [-0.15, -0.1) is 0 Å². The van der Waals surface area contributed by atoms with Crippen LogP contribution in [0.2, 0.25) is 25.7 Å². The lowest BCUT2D eigenvalue weighted by Gasteiger charge is -2.31. The van der Waals surface area contributed by atoms with Crippen molar-refractivity contribution in [2.45, 2.75) is 31.9 Å². The fourth-order valence-corrected chi connectivity index (χ4v) is 2.04.